The Balaban J connectivity index is 4.10. The van der Waals surface area contributed by atoms with Gasteiger partial charge in [-0.05, 0) is 89.9 Å². The molecule has 9 heteroatoms. The fourth-order valence-corrected chi connectivity index (χ4v) is 10.8. The second-order valence-corrected chi connectivity index (χ2v) is 26.3. The summed E-state index contributed by atoms with van der Waals surface area (Å²) in [5, 5.41) is 13.9. The number of quaternary nitrogens is 1. The Morgan fingerprint density at radius 2 is 0.738 bits per heavy atom. The Morgan fingerprint density at radius 1 is 0.429 bits per heavy atom. The van der Waals surface area contributed by atoms with Gasteiger partial charge in [0.25, 0.3) is 7.82 Å². The summed E-state index contributed by atoms with van der Waals surface area (Å²) >= 11 is 0. The standard InChI is InChI=1S/C75H135N2O6P/c1-6-8-10-12-14-16-18-20-22-24-26-28-30-32-33-34-35-36-37-38-39-40-41-42-43-45-47-49-51-53-55-57-59-61-63-65-67-69-75(79)76-73(72-83-84(80,81)82-71-70-77(3,4)5)74(78)68-66-64-62-60-58-56-54-52-50-48-46-44-31-29-27-25-23-21-19-17-15-13-11-9-7-2/h8,10,14,16,20,22,26,28,32-33,35-36,38-39,58,60,66,68,73-74,78H,6-7,9,11-13,15,17-19,21,23-25,27,29-31,34,37,40-57,59,61-65,67,69-72H2,1-5H3,(H-,76,79,80,81)/b10-8-,16-14-,22-20-,28-26-,33-32-,36-35-,39-38-,60-58+,68-66+. The molecule has 0 aromatic carbocycles. The van der Waals surface area contributed by atoms with E-state index in [-0.39, 0.29) is 12.5 Å². The molecule has 486 valence electrons. The Hall–Kier alpha value is -2.84. The fraction of sp³-hybridized carbons (Fsp3) is 0.747. The van der Waals surface area contributed by atoms with Gasteiger partial charge in [-0.3, -0.25) is 9.36 Å². The number of aliphatic hydroxyl groups is 1. The van der Waals surface area contributed by atoms with Crippen LogP contribution < -0.4 is 10.2 Å². The molecule has 0 saturated heterocycles. The van der Waals surface area contributed by atoms with Gasteiger partial charge in [-0.2, -0.15) is 0 Å². The molecule has 0 aliphatic rings. The van der Waals surface area contributed by atoms with E-state index in [2.05, 4.69) is 116 Å². The van der Waals surface area contributed by atoms with Crippen molar-refractivity contribution in [2.75, 3.05) is 40.9 Å². The van der Waals surface area contributed by atoms with Gasteiger partial charge in [-0.1, -0.05) is 322 Å². The number of amides is 1. The molecule has 3 atom stereocenters. The lowest BCUT2D eigenvalue weighted by atomic mass is 10.0. The van der Waals surface area contributed by atoms with E-state index >= 15 is 0 Å². The molecule has 84 heavy (non-hydrogen) atoms. The van der Waals surface area contributed by atoms with Crippen molar-refractivity contribution in [3.05, 3.63) is 109 Å². The first-order chi connectivity index (χ1) is 41.0. The van der Waals surface area contributed by atoms with Crippen LogP contribution in [0.15, 0.2) is 109 Å². The average Bonchev–Trinajstić information content (AvgIpc) is 3.56. The van der Waals surface area contributed by atoms with Gasteiger partial charge >= 0.3 is 0 Å². The number of phosphoric acid groups is 1. The van der Waals surface area contributed by atoms with Crippen molar-refractivity contribution in [1.29, 1.82) is 0 Å². The van der Waals surface area contributed by atoms with Crippen molar-refractivity contribution in [1.82, 2.24) is 5.32 Å². The lowest BCUT2D eigenvalue weighted by Gasteiger charge is -2.29. The normalized spacial score (nSPS) is 14.3. The largest absolute Gasteiger partial charge is 0.756 e. The summed E-state index contributed by atoms with van der Waals surface area (Å²) in [6.45, 7) is 4.54. The van der Waals surface area contributed by atoms with Gasteiger partial charge in [0.05, 0.1) is 39.9 Å². The van der Waals surface area contributed by atoms with Crippen LogP contribution in [0.4, 0.5) is 0 Å². The molecule has 0 fully saturated rings. The molecule has 0 rings (SSSR count). The maximum atomic E-state index is 13.0. The smallest absolute Gasteiger partial charge is 0.268 e. The second kappa shape index (κ2) is 64.6. The zero-order chi connectivity index (χ0) is 61.2. The van der Waals surface area contributed by atoms with E-state index in [9.17, 15) is 19.4 Å². The van der Waals surface area contributed by atoms with Gasteiger partial charge in [0, 0.05) is 6.42 Å². The lowest BCUT2D eigenvalue weighted by Crippen LogP contribution is -2.45. The zero-order valence-electron chi connectivity index (χ0n) is 55.6. The second-order valence-electron chi connectivity index (χ2n) is 24.8. The number of nitrogens with zero attached hydrogens (tertiary/aromatic N) is 1. The molecule has 0 aromatic rings. The van der Waals surface area contributed by atoms with E-state index < -0.39 is 26.6 Å². The molecule has 0 aliphatic carbocycles. The first-order valence-corrected chi connectivity index (χ1v) is 36.7. The summed E-state index contributed by atoms with van der Waals surface area (Å²) < 4.78 is 23.4. The topological polar surface area (TPSA) is 108 Å². The summed E-state index contributed by atoms with van der Waals surface area (Å²) in [7, 11) is 1.24. The maximum absolute atomic E-state index is 13.0. The predicted molar refractivity (Wildman–Crippen MR) is 366 cm³/mol. The minimum absolute atomic E-state index is 0.00944. The summed E-state index contributed by atoms with van der Waals surface area (Å²) in [5.74, 6) is -0.207. The fourth-order valence-electron chi connectivity index (χ4n) is 10.0. The van der Waals surface area contributed by atoms with E-state index in [4.69, 9.17) is 9.05 Å². The van der Waals surface area contributed by atoms with Crippen LogP contribution in [0.2, 0.25) is 0 Å². The summed E-state index contributed by atoms with van der Waals surface area (Å²) in [6.07, 6.45) is 95.0. The van der Waals surface area contributed by atoms with Crippen molar-refractivity contribution in [2.45, 2.75) is 321 Å². The van der Waals surface area contributed by atoms with Gasteiger partial charge in [0.1, 0.15) is 13.2 Å². The highest BCUT2D eigenvalue weighted by atomic mass is 31.2. The van der Waals surface area contributed by atoms with Crippen LogP contribution in [0, 0.1) is 0 Å². The molecule has 2 N–H and O–H groups in total. The highest BCUT2D eigenvalue weighted by Crippen LogP contribution is 2.38. The molecule has 0 aromatic heterocycles. The van der Waals surface area contributed by atoms with Gasteiger partial charge in [0.2, 0.25) is 5.91 Å². The van der Waals surface area contributed by atoms with Crippen molar-refractivity contribution in [3.8, 4) is 0 Å². The Morgan fingerprint density at radius 3 is 1.11 bits per heavy atom. The van der Waals surface area contributed by atoms with Crippen LogP contribution in [0.3, 0.4) is 0 Å². The summed E-state index contributed by atoms with van der Waals surface area (Å²) in [4.78, 5) is 25.6. The molecule has 8 nitrogen and oxygen atoms in total. The van der Waals surface area contributed by atoms with Crippen LogP contribution in [0.5, 0.6) is 0 Å². The predicted octanol–water partition coefficient (Wildman–Crippen LogP) is 22.0. The first-order valence-electron chi connectivity index (χ1n) is 35.2. The van der Waals surface area contributed by atoms with Crippen molar-refractivity contribution >= 4 is 13.7 Å². The van der Waals surface area contributed by atoms with Crippen molar-refractivity contribution in [2.24, 2.45) is 0 Å². The number of nitrogens with one attached hydrogen (secondary N) is 1. The molecule has 0 saturated carbocycles. The van der Waals surface area contributed by atoms with Crippen molar-refractivity contribution in [3.63, 3.8) is 0 Å². The zero-order valence-corrected chi connectivity index (χ0v) is 56.5. The highest BCUT2D eigenvalue weighted by Gasteiger charge is 2.23. The molecule has 0 radical (unpaired) electrons. The van der Waals surface area contributed by atoms with E-state index in [0.717, 1.165) is 83.5 Å². The molecular weight excluding hydrogens is 1060 g/mol. The lowest BCUT2D eigenvalue weighted by molar-refractivity contribution is -0.870. The minimum atomic E-state index is -4.62. The number of carbonyl (C=O) groups is 1. The number of rotatable bonds is 64. The molecule has 0 aliphatic heterocycles. The minimum Gasteiger partial charge on any atom is -0.756 e. The first kappa shape index (κ1) is 81.2. The molecule has 0 bridgehead atoms. The number of likely N-dealkylation sites (N-methyl/N-ethyl adjacent to an activating group) is 1. The third-order valence-electron chi connectivity index (χ3n) is 15.5. The summed E-state index contributed by atoms with van der Waals surface area (Å²) in [6, 6.07) is -0.911. The Bertz CT molecular complexity index is 1740. The molecule has 0 heterocycles. The van der Waals surface area contributed by atoms with Crippen LogP contribution in [0.1, 0.15) is 309 Å². The van der Waals surface area contributed by atoms with Gasteiger partial charge in [0.15, 0.2) is 0 Å². The SMILES string of the molecule is CC/C=C\C/C=C\C/C=C\C/C=C\C/C=C\C/C=C\C/C=C\CCCCCCCCCCCCCCCCCC(=O)NC(COP(=O)([O-])OCC[N+](C)(C)C)C(O)/C=C/CC/C=C/CCCCCCCCCCCCCCCCCCCCC. The van der Waals surface area contributed by atoms with Crippen LogP contribution in [-0.2, 0) is 18.4 Å². The number of hydrogen-bond acceptors (Lipinski definition) is 6. The summed E-state index contributed by atoms with van der Waals surface area (Å²) in [5.41, 5.74) is 0. The monoisotopic (exact) mass is 1190 g/mol. The quantitative estimate of drug-likeness (QED) is 0.0272. The van der Waals surface area contributed by atoms with Crippen molar-refractivity contribution < 1.29 is 32.9 Å². The van der Waals surface area contributed by atoms with E-state index in [0.29, 0.717) is 17.4 Å². The number of hydrogen-bond donors (Lipinski definition) is 2. The van der Waals surface area contributed by atoms with E-state index in [1.807, 2.05) is 27.2 Å². The number of carbonyl (C=O) groups excluding carboxylic acids is 1. The molecule has 3 unspecified atom stereocenters. The van der Waals surface area contributed by atoms with E-state index in [1.165, 1.54) is 205 Å². The molecule has 0 spiro atoms. The van der Waals surface area contributed by atoms with Crippen LogP contribution in [-0.4, -0.2) is 68.5 Å². The molecular formula is C75H135N2O6P. The third kappa shape index (κ3) is 66.7. The van der Waals surface area contributed by atoms with Crippen LogP contribution in [0.25, 0.3) is 0 Å². The highest BCUT2D eigenvalue weighted by molar-refractivity contribution is 7.45. The van der Waals surface area contributed by atoms with Gasteiger partial charge in [-0.25, -0.2) is 0 Å². The Kier molecular flexibility index (Phi) is 62.4. The number of allylic oxidation sites excluding steroid dienone is 17. The number of unbranched alkanes of at least 4 members (excludes halogenated alkanes) is 35. The number of aliphatic hydroxyl groups excluding tert-OH is 1. The maximum Gasteiger partial charge on any atom is 0.268 e. The number of phosphoric ester groups is 1. The molecule has 1 amide bonds. The Labute approximate surface area is 521 Å². The van der Waals surface area contributed by atoms with E-state index in [1.54, 1.807) is 6.08 Å². The van der Waals surface area contributed by atoms with Gasteiger partial charge in [-0.15, -0.1) is 0 Å². The van der Waals surface area contributed by atoms with Crippen LogP contribution >= 0.6 is 7.82 Å². The average molecular weight is 1190 g/mol. The third-order valence-corrected chi connectivity index (χ3v) is 16.4. The van der Waals surface area contributed by atoms with Gasteiger partial charge < -0.3 is 28.8 Å².